The Balaban J connectivity index is 1.87. The number of carbonyl (C=O) groups is 1. The number of fused-ring (bicyclic) bond motifs is 1. The van der Waals surface area contributed by atoms with Crippen LogP contribution >= 0.6 is 0 Å². The molecule has 2 aromatic heterocycles. The maximum atomic E-state index is 11.8. The van der Waals surface area contributed by atoms with Gasteiger partial charge in [-0.05, 0) is 45.4 Å². The maximum absolute atomic E-state index is 11.8. The molecule has 0 aromatic carbocycles. The van der Waals surface area contributed by atoms with Gasteiger partial charge in [0.2, 0.25) is 5.71 Å². The number of amides is 1. The Morgan fingerprint density at radius 3 is 2.73 bits per heavy atom. The second-order valence-corrected chi connectivity index (χ2v) is 6.90. The summed E-state index contributed by atoms with van der Waals surface area (Å²) in [6.07, 6.45) is 5.54. The molecular formula is C16H20N4O2. The zero-order chi connectivity index (χ0) is 15.5. The third kappa shape index (κ3) is 2.32. The number of rotatable bonds is 5. The van der Waals surface area contributed by atoms with E-state index >= 15 is 0 Å². The predicted octanol–water partition coefficient (Wildman–Crippen LogP) is 2.55. The third-order valence-electron chi connectivity index (χ3n) is 4.61. The van der Waals surface area contributed by atoms with Crippen LogP contribution in [0.4, 0.5) is 5.82 Å². The van der Waals surface area contributed by atoms with Crippen molar-refractivity contribution >= 4 is 22.8 Å². The molecule has 2 fully saturated rings. The van der Waals surface area contributed by atoms with E-state index in [0.29, 0.717) is 34.2 Å². The van der Waals surface area contributed by atoms with Crippen LogP contribution in [0.15, 0.2) is 4.42 Å². The molecule has 0 bridgehead atoms. The van der Waals surface area contributed by atoms with Gasteiger partial charge in [-0.25, -0.2) is 4.98 Å². The fourth-order valence-corrected chi connectivity index (χ4v) is 2.81. The quantitative estimate of drug-likeness (QED) is 0.885. The maximum Gasteiger partial charge on any atom is 0.253 e. The molecule has 22 heavy (non-hydrogen) atoms. The number of nitrogens with one attached hydrogen (secondary N) is 1. The van der Waals surface area contributed by atoms with Gasteiger partial charge in [0.15, 0.2) is 0 Å². The summed E-state index contributed by atoms with van der Waals surface area (Å²) < 4.78 is 5.69. The van der Waals surface area contributed by atoms with Gasteiger partial charge in [-0.15, -0.1) is 0 Å². The molecule has 2 aliphatic carbocycles. The Morgan fingerprint density at radius 1 is 1.41 bits per heavy atom. The zero-order valence-corrected chi connectivity index (χ0v) is 12.9. The van der Waals surface area contributed by atoms with Crippen molar-refractivity contribution in [2.24, 2.45) is 11.7 Å². The van der Waals surface area contributed by atoms with Crippen LogP contribution < -0.4 is 11.1 Å². The lowest BCUT2D eigenvalue weighted by Crippen LogP contribution is -2.19. The molecule has 0 spiro atoms. The number of aromatic nitrogens is 2. The Labute approximate surface area is 128 Å². The highest BCUT2D eigenvalue weighted by molar-refractivity contribution is 6.09. The van der Waals surface area contributed by atoms with Crippen molar-refractivity contribution in [1.29, 1.82) is 0 Å². The summed E-state index contributed by atoms with van der Waals surface area (Å²) in [5.74, 6) is 2.16. The molecule has 0 unspecified atom stereocenters. The van der Waals surface area contributed by atoms with Gasteiger partial charge in [-0.2, -0.15) is 4.98 Å². The number of nitrogens with two attached hydrogens (primary N) is 1. The van der Waals surface area contributed by atoms with E-state index in [4.69, 9.17) is 10.2 Å². The van der Waals surface area contributed by atoms with E-state index in [1.165, 1.54) is 12.8 Å². The molecule has 0 aliphatic heterocycles. The number of carbonyl (C=O) groups excluding carboxylic acids is 1. The predicted molar refractivity (Wildman–Crippen MR) is 82.7 cm³/mol. The molecule has 2 heterocycles. The SMILES string of the molecule is Cc1oc2nc(CC3CC3)nc(NC3(C)CC3)c2c1C(N)=O. The first kappa shape index (κ1) is 13.5. The highest BCUT2D eigenvalue weighted by Gasteiger charge is 2.39. The minimum Gasteiger partial charge on any atom is -0.442 e. The molecule has 2 saturated carbocycles. The van der Waals surface area contributed by atoms with Gasteiger partial charge in [0.05, 0.1) is 10.9 Å². The van der Waals surface area contributed by atoms with Crippen molar-refractivity contribution in [3.63, 3.8) is 0 Å². The standard InChI is InChI=1S/C16H20N4O2/c1-8-11(13(17)21)12-14(20-16(2)5-6-16)18-10(7-9-3-4-9)19-15(12)22-8/h9H,3-7H2,1-2H3,(H2,17,21)(H,18,19,20). The highest BCUT2D eigenvalue weighted by Crippen LogP contribution is 2.41. The Morgan fingerprint density at radius 2 is 2.14 bits per heavy atom. The molecule has 1 amide bonds. The normalized spacial score (nSPS) is 19.4. The smallest absolute Gasteiger partial charge is 0.253 e. The Hall–Kier alpha value is -2.11. The van der Waals surface area contributed by atoms with Crippen LogP contribution in [0.1, 0.15) is 54.5 Å². The molecule has 2 aromatic rings. The van der Waals surface area contributed by atoms with E-state index in [-0.39, 0.29) is 5.54 Å². The van der Waals surface area contributed by atoms with Crippen molar-refractivity contribution in [2.75, 3.05) is 5.32 Å². The van der Waals surface area contributed by atoms with Crippen LogP contribution in [0.5, 0.6) is 0 Å². The molecule has 6 heteroatoms. The molecule has 6 nitrogen and oxygen atoms in total. The van der Waals surface area contributed by atoms with E-state index in [9.17, 15) is 4.79 Å². The molecule has 4 rings (SSSR count). The number of aryl methyl sites for hydroxylation is 1. The van der Waals surface area contributed by atoms with E-state index in [0.717, 1.165) is 25.1 Å². The second kappa shape index (κ2) is 4.44. The van der Waals surface area contributed by atoms with Gasteiger partial charge in [-0.1, -0.05) is 0 Å². The summed E-state index contributed by atoms with van der Waals surface area (Å²) in [6, 6.07) is 0. The van der Waals surface area contributed by atoms with Gasteiger partial charge >= 0.3 is 0 Å². The van der Waals surface area contributed by atoms with Crippen LogP contribution in [0.2, 0.25) is 0 Å². The first-order valence-corrected chi connectivity index (χ1v) is 7.83. The zero-order valence-electron chi connectivity index (χ0n) is 12.9. The molecule has 2 aliphatic rings. The summed E-state index contributed by atoms with van der Waals surface area (Å²) in [7, 11) is 0. The van der Waals surface area contributed by atoms with E-state index < -0.39 is 5.91 Å². The fourth-order valence-electron chi connectivity index (χ4n) is 2.81. The first-order chi connectivity index (χ1) is 10.5. The van der Waals surface area contributed by atoms with Crippen LogP contribution in [0, 0.1) is 12.8 Å². The summed E-state index contributed by atoms with van der Waals surface area (Å²) in [4.78, 5) is 21.0. The van der Waals surface area contributed by atoms with Crippen molar-refractivity contribution in [2.45, 2.75) is 51.5 Å². The number of furan rings is 1. The van der Waals surface area contributed by atoms with E-state index in [1.54, 1.807) is 6.92 Å². The van der Waals surface area contributed by atoms with Crippen LogP contribution in [0.3, 0.4) is 0 Å². The van der Waals surface area contributed by atoms with Crippen molar-refractivity contribution < 1.29 is 9.21 Å². The number of hydrogen-bond donors (Lipinski definition) is 2. The third-order valence-corrected chi connectivity index (χ3v) is 4.61. The van der Waals surface area contributed by atoms with Crippen LogP contribution in [0.25, 0.3) is 11.1 Å². The first-order valence-electron chi connectivity index (χ1n) is 7.83. The van der Waals surface area contributed by atoms with Gasteiger partial charge in [0.25, 0.3) is 5.91 Å². The lowest BCUT2D eigenvalue weighted by Gasteiger charge is -2.14. The van der Waals surface area contributed by atoms with Gasteiger partial charge < -0.3 is 15.5 Å². The van der Waals surface area contributed by atoms with Gasteiger partial charge in [0.1, 0.15) is 17.4 Å². The number of primary amides is 1. The largest absolute Gasteiger partial charge is 0.442 e. The topological polar surface area (TPSA) is 94.0 Å². The van der Waals surface area contributed by atoms with Gasteiger partial charge in [0, 0.05) is 12.0 Å². The monoisotopic (exact) mass is 300 g/mol. The summed E-state index contributed by atoms with van der Waals surface area (Å²) in [5.41, 5.74) is 6.42. The van der Waals surface area contributed by atoms with Crippen molar-refractivity contribution in [1.82, 2.24) is 9.97 Å². The van der Waals surface area contributed by atoms with Gasteiger partial charge in [-0.3, -0.25) is 4.79 Å². The minimum absolute atomic E-state index is 0.0538. The van der Waals surface area contributed by atoms with Crippen molar-refractivity contribution in [3.8, 4) is 0 Å². The summed E-state index contributed by atoms with van der Waals surface area (Å²) >= 11 is 0. The lowest BCUT2D eigenvalue weighted by molar-refractivity contribution is 0.1000. The average Bonchev–Trinajstić information content (AvgIpc) is 3.32. The molecule has 3 N–H and O–H groups in total. The summed E-state index contributed by atoms with van der Waals surface area (Å²) in [5, 5.41) is 4.08. The average molecular weight is 300 g/mol. The van der Waals surface area contributed by atoms with E-state index in [1.807, 2.05) is 0 Å². The van der Waals surface area contributed by atoms with Crippen LogP contribution in [-0.2, 0) is 6.42 Å². The fraction of sp³-hybridized carbons (Fsp3) is 0.562. The van der Waals surface area contributed by atoms with Crippen LogP contribution in [-0.4, -0.2) is 21.4 Å². The molecule has 0 atom stereocenters. The Kier molecular flexibility index (Phi) is 2.74. The van der Waals surface area contributed by atoms with E-state index in [2.05, 4.69) is 22.2 Å². The van der Waals surface area contributed by atoms with Crippen molar-refractivity contribution in [3.05, 3.63) is 17.1 Å². The molecular weight excluding hydrogens is 280 g/mol. The number of anilines is 1. The number of nitrogens with zero attached hydrogens (tertiary/aromatic N) is 2. The second-order valence-electron chi connectivity index (χ2n) is 6.90. The number of hydrogen-bond acceptors (Lipinski definition) is 5. The molecule has 0 saturated heterocycles. The molecule has 116 valence electrons. The minimum atomic E-state index is -0.501. The lowest BCUT2D eigenvalue weighted by atomic mass is 10.1. The Bertz CT molecular complexity index is 772. The summed E-state index contributed by atoms with van der Waals surface area (Å²) in [6.45, 7) is 3.89. The molecule has 0 radical (unpaired) electrons. The highest BCUT2D eigenvalue weighted by atomic mass is 16.3.